The lowest BCUT2D eigenvalue weighted by atomic mass is 10.1. The molecule has 1 aromatic carbocycles. The molecule has 2 rings (SSSR count). The Morgan fingerprint density at radius 3 is 2.46 bits per heavy atom. The minimum atomic E-state index is -3.78. The van der Waals surface area contributed by atoms with Crippen LogP contribution in [0.15, 0.2) is 23.1 Å². The van der Waals surface area contributed by atoms with Crippen molar-refractivity contribution in [1.82, 2.24) is 14.9 Å². The standard InChI is InChI=1S/C17H25ClN4O5S/c1-17(2,3)21-16(24)20-15(23)11-19-12-4-5-13(18)14(10-12)28(25,26)22-6-8-27-9-7-22/h4-5,10,19H,6-9,11H2,1-3H3,(H2,20,21,23,24). The maximum atomic E-state index is 12.8. The van der Waals surface area contributed by atoms with Crippen molar-refractivity contribution in [3.05, 3.63) is 23.2 Å². The fourth-order valence-corrected chi connectivity index (χ4v) is 4.37. The molecule has 0 radical (unpaired) electrons. The predicted molar refractivity (Wildman–Crippen MR) is 106 cm³/mol. The number of sulfonamides is 1. The summed E-state index contributed by atoms with van der Waals surface area (Å²) in [6.07, 6.45) is 0. The molecule has 1 fully saturated rings. The van der Waals surface area contributed by atoms with Gasteiger partial charge in [0.25, 0.3) is 0 Å². The van der Waals surface area contributed by atoms with Crippen LogP contribution in [0.3, 0.4) is 0 Å². The van der Waals surface area contributed by atoms with E-state index in [-0.39, 0.29) is 29.6 Å². The number of nitrogens with one attached hydrogen (secondary N) is 3. The summed E-state index contributed by atoms with van der Waals surface area (Å²) >= 11 is 6.10. The number of anilines is 1. The van der Waals surface area contributed by atoms with Crippen molar-refractivity contribution < 1.29 is 22.7 Å². The van der Waals surface area contributed by atoms with Gasteiger partial charge in [0, 0.05) is 24.3 Å². The van der Waals surface area contributed by atoms with Gasteiger partial charge in [-0.1, -0.05) is 11.6 Å². The van der Waals surface area contributed by atoms with E-state index in [1.165, 1.54) is 16.4 Å². The largest absolute Gasteiger partial charge is 0.379 e. The monoisotopic (exact) mass is 432 g/mol. The van der Waals surface area contributed by atoms with Gasteiger partial charge in [0.15, 0.2) is 0 Å². The molecule has 0 saturated carbocycles. The molecule has 0 unspecified atom stereocenters. The van der Waals surface area contributed by atoms with Gasteiger partial charge in [0.05, 0.1) is 24.8 Å². The molecule has 0 aliphatic carbocycles. The molecule has 0 atom stereocenters. The van der Waals surface area contributed by atoms with Crippen LogP contribution in [0.5, 0.6) is 0 Å². The summed E-state index contributed by atoms with van der Waals surface area (Å²) in [4.78, 5) is 23.6. The second-order valence-electron chi connectivity index (χ2n) is 7.27. The van der Waals surface area contributed by atoms with E-state index in [1.54, 1.807) is 26.8 Å². The number of amides is 3. The molecule has 1 heterocycles. The van der Waals surface area contributed by atoms with Crippen molar-refractivity contribution in [3.8, 4) is 0 Å². The van der Waals surface area contributed by atoms with Gasteiger partial charge in [-0.15, -0.1) is 0 Å². The fourth-order valence-electron chi connectivity index (χ4n) is 2.46. The number of ether oxygens (including phenoxy) is 1. The van der Waals surface area contributed by atoms with Crippen LogP contribution in [0.4, 0.5) is 10.5 Å². The van der Waals surface area contributed by atoms with E-state index in [0.717, 1.165) is 0 Å². The number of urea groups is 1. The van der Waals surface area contributed by atoms with Crippen molar-refractivity contribution in [3.63, 3.8) is 0 Å². The number of benzene rings is 1. The van der Waals surface area contributed by atoms with Gasteiger partial charge in [-0.2, -0.15) is 4.31 Å². The summed E-state index contributed by atoms with van der Waals surface area (Å²) in [7, 11) is -3.78. The Bertz CT molecular complexity index is 832. The number of rotatable bonds is 5. The van der Waals surface area contributed by atoms with Crippen molar-refractivity contribution in [2.75, 3.05) is 38.2 Å². The van der Waals surface area contributed by atoms with Crippen LogP contribution in [0, 0.1) is 0 Å². The smallest absolute Gasteiger partial charge is 0.321 e. The van der Waals surface area contributed by atoms with Gasteiger partial charge in [-0.3, -0.25) is 10.1 Å². The van der Waals surface area contributed by atoms with Crippen molar-refractivity contribution in [2.24, 2.45) is 0 Å². The Kier molecular flexibility index (Phi) is 7.27. The van der Waals surface area contributed by atoms with Crippen LogP contribution in [0.25, 0.3) is 0 Å². The number of halogens is 1. The molecule has 3 N–H and O–H groups in total. The predicted octanol–water partition coefficient (Wildman–Crippen LogP) is 1.40. The van der Waals surface area contributed by atoms with E-state index in [4.69, 9.17) is 16.3 Å². The van der Waals surface area contributed by atoms with Crippen LogP contribution in [0.1, 0.15) is 20.8 Å². The minimum Gasteiger partial charge on any atom is -0.379 e. The molecule has 9 nitrogen and oxygen atoms in total. The number of carbonyl (C=O) groups is 2. The van der Waals surface area contributed by atoms with E-state index in [1.807, 2.05) is 0 Å². The molecular formula is C17H25ClN4O5S. The van der Waals surface area contributed by atoms with Gasteiger partial charge >= 0.3 is 6.03 Å². The third-order valence-corrected chi connectivity index (χ3v) is 6.09. The first-order valence-electron chi connectivity index (χ1n) is 8.72. The highest BCUT2D eigenvalue weighted by atomic mass is 35.5. The van der Waals surface area contributed by atoms with E-state index < -0.39 is 27.5 Å². The van der Waals surface area contributed by atoms with Crippen LogP contribution < -0.4 is 16.0 Å². The molecule has 0 aromatic heterocycles. The highest BCUT2D eigenvalue weighted by molar-refractivity contribution is 7.89. The lowest BCUT2D eigenvalue weighted by molar-refractivity contribution is -0.118. The average Bonchev–Trinajstić information content (AvgIpc) is 2.60. The Balaban J connectivity index is 2.03. The molecule has 0 bridgehead atoms. The lowest BCUT2D eigenvalue weighted by Crippen LogP contribution is -2.49. The van der Waals surface area contributed by atoms with Gasteiger partial charge in [-0.05, 0) is 39.0 Å². The summed E-state index contributed by atoms with van der Waals surface area (Å²) < 4.78 is 32.1. The SMILES string of the molecule is CC(C)(C)NC(=O)NC(=O)CNc1ccc(Cl)c(S(=O)(=O)N2CCOCC2)c1. The number of hydrogen-bond donors (Lipinski definition) is 3. The normalized spacial score (nSPS) is 15.7. The Hall–Kier alpha value is -1.88. The van der Waals surface area contributed by atoms with Crippen LogP contribution in [-0.2, 0) is 19.6 Å². The molecule has 0 spiro atoms. The van der Waals surface area contributed by atoms with Crippen molar-refractivity contribution >= 4 is 39.2 Å². The van der Waals surface area contributed by atoms with Gasteiger partial charge < -0.3 is 15.4 Å². The number of imide groups is 1. The third-order valence-electron chi connectivity index (χ3n) is 3.71. The van der Waals surface area contributed by atoms with Gasteiger partial charge in [0.2, 0.25) is 15.9 Å². The highest BCUT2D eigenvalue weighted by Gasteiger charge is 2.28. The van der Waals surface area contributed by atoms with Crippen molar-refractivity contribution in [1.29, 1.82) is 0 Å². The number of hydrogen-bond acceptors (Lipinski definition) is 6. The molecule has 3 amide bonds. The second kappa shape index (κ2) is 9.08. The van der Waals surface area contributed by atoms with Crippen LogP contribution in [-0.4, -0.2) is 63.0 Å². The molecule has 1 aromatic rings. The first-order chi connectivity index (χ1) is 13.0. The minimum absolute atomic E-state index is 0.0491. The van der Waals surface area contributed by atoms with Crippen LogP contribution >= 0.6 is 11.6 Å². The Morgan fingerprint density at radius 1 is 1.21 bits per heavy atom. The van der Waals surface area contributed by atoms with Gasteiger partial charge in [0.1, 0.15) is 4.90 Å². The molecule has 1 aliphatic rings. The van der Waals surface area contributed by atoms with E-state index in [9.17, 15) is 18.0 Å². The molecule has 1 saturated heterocycles. The molecule has 156 valence electrons. The quantitative estimate of drug-likeness (QED) is 0.647. The Morgan fingerprint density at radius 2 is 1.86 bits per heavy atom. The molecule has 28 heavy (non-hydrogen) atoms. The van der Waals surface area contributed by atoms with E-state index in [2.05, 4.69) is 16.0 Å². The maximum Gasteiger partial charge on any atom is 0.321 e. The zero-order valence-electron chi connectivity index (χ0n) is 16.0. The average molecular weight is 433 g/mol. The summed E-state index contributed by atoms with van der Waals surface area (Å²) in [6.45, 7) is 6.31. The second-order valence-corrected chi connectivity index (χ2v) is 9.58. The first kappa shape index (κ1) is 22.4. The Labute approximate surface area is 169 Å². The topological polar surface area (TPSA) is 117 Å². The summed E-state index contributed by atoms with van der Waals surface area (Å²) in [5, 5.41) is 7.69. The van der Waals surface area contributed by atoms with Crippen molar-refractivity contribution in [2.45, 2.75) is 31.2 Å². The number of morpholine rings is 1. The molecular weight excluding hydrogens is 408 g/mol. The first-order valence-corrected chi connectivity index (χ1v) is 10.5. The summed E-state index contributed by atoms with van der Waals surface area (Å²) in [6, 6.07) is 3.77. The zero-order valence-corrected chi connectivity index (χ0v) is 17.6. The number of carbonyl (C=O) groups excluding carboxylic acids is 2. The van der Waals surface area contributed by atoms with Gasteiger partial charge in [-0.25, -0.2) is 13.2 Å². The summed E-state index contributed by atoms with van der Waals surface area (Å²) in [5.41, 5.74) is -0.0842. The maximum absolute atomic E-state index is 12.8. The highest BCUT2D eigenvalue weighted by Crippen LogP contribution is 2.28. The molecule has 1 aliphatic heterocycles. The fraction of sp³-hybridized carbons (Fsp3) is 0.529. The third kappa shape index (κ3) is 6.33. The van der Waals surface area contributed by atoms with E-state index >= 15 is 0 Å². The summed E-state index contributed by atoms with van der Waals surface area (Å²) in [5.74, 6) is -0.561. The van der Waals surface area contributed by atoms with E-state index in [0.29, 0.717) is 18.9 Å². The zero-order chi connectivity index (χ0) is 20.9. The molecule has 11 heteroatoms. The van der Waals surface area contributed by atoms with Crippen LogP contribution in [0.2, 0.25) is 5.02 Å². The number of nitrogens with zero attached hydrogens (tertiary/aromatic N) is 1. The lowest BCUT2D eigenvalue weighted by Gasteiger charge is -2.26.